The molecule has 24 heavy (non-hydrogen) atoms. The van der Waals surface area contributed by atoms with E-state index in [-0.39, 0.29) is 18.0 Å². The number of piperidine rings is 1. The Morgan fingerprint density at radius 2 is 2.29 bits per heavy atom. The summed E-state index contributed by atoms with van der Waals surface area (Å²) < 4.78 is 0. The molecule has 1 aromatic rings. The van der Waals surface area contributed by atoms with E-state index in [0.717, 1.165) is 51.3 Å². The molecule has 0 spiro atoms. The summed E-state index contributed by atoms with van der Waals surface area (Å²) in [5.74, 6) is 0.785. The van der Waals surface area contributed by atoms with Crippen molar-refractivity contribution in [3.63, 3.8) is 0 Å². The van der Waals surface area contributed by atoms with Gasteiger partial charge in [0.1, 0.15) is 5.82 Å². The number of nitrogens with one attached hydrogen (secondary N) is 2. The zero-order valence-electron chi connectivity index (χ0n) is 14.1. The Bertz CT molecular complexity index is 589. The lowest BCUT2D eigenvalue weighted by atomic mass is 10.0. The molecule has 0 radical (unpaired) electrons. The molecule has 3 heterocycles. The van der Waals surface area contributed by atoms with Crippen LogP contribution in [0.5, 0.6) is 0 Å². The van der Waals surface area contributed by atoms with Crippen LogP contribution in [0.3, 0.4) is 0 Å². The largest absolute Gasteiger partial charge is 0.355 e. The van der Waals surface area contributed by atoms with Gasteiger partial charge in [-0.3, -0.25) is 4.79 Å². The van der Waals surface area contributed by atoms with Gasteiger partial charge in [0.2, 0.25) is 0 Å². The van der Waals surface area contributed by atoms with Crippen LogP contribution >= 0.6 is 0 Å². The zero-order valence-corrected chi connectivity index (χ0v) is 14.1. The van der Waals surface area contributed by atoms with Crippen LogP contribution in [0.2, 0.25) is 0 Å². The molecule has 7 nitrogen and oxygen atoms in total. The minimum absolute atomic E-state index is 0.0396. The van der Waals surface area contributed by atoms with Crippen LogP contribution in [-0.2, 0) is 0 Å². The van der Waals surface area contributed by atoms with Crippen molar-refractivity contribution in [2.45, 2.75) is 32.2 Å². The van der Waals surface area contributed by atoms with Gasteiger partial charge in [-0.2, -0.15) is 0 Å². The average molecular weight is 331 g/mol. The summed E-state index contributed by atoms with van der Waals surface area (Å²) in [6.45, 7) is 5.93. The van der Waals surface area contributed by atoms with Crippen molar-refractivity contribution in [3.8, 4) is 0 Å². The first-order chi connectivity index (χ1) is 11.7. The van der Waals surface area contributed by atoms with E-state index in [1.165, 1.54) is 0 Å². The molecule has 3 amide bonds. The third kappa shape index (κ3) is 3.60. The van der Waals surface area contributed by atoms with Crippen LogP contribution in [0.25, 0.3) is 0 Å². The molecule has 0 aliphatic carbocycles. The highest BCUT2D eigenvalue weighted by Gasteiger charge is 2.31. The van der Waals surface area contributed by atoms with Crippen molar-refractivity contribution in [3.05, 3.63) is 23.9 Å². The lowest BCUT2D eigenvalue weighted by Gasteiger charge is -2.37. The smallest absolute Gasteiger partial charge is 0.317 e. The molecule has 3 rings (SSSR count). The highest BCUT2D eigenvalue weighted by Crippen LogP contribution is 2.22. The summed E-state index contributed by atoms with van der Waals surface area (Å²) in [6, 6.07) is 3.99. The summed E-state index contributed by atoms with van der Waals surface area (Å²) in [7, 11) is 0. The van der Waals surface area contributed by atoms with Crippen LogP contribution in [0, 0.1) is 0 Å². The van der Waals surface area contributed by atoms with Crippen molar-refractivity contribution in [2.24, 2.45) is 0 Å². The van der Waals surface area contributed by atoms with E-state index in [9.17, 15) is 9.59 Å². The van der Waals surface area contributed by atoms with Gasteiger partial charge in [-0.05, 0) is 31.4 Å². The van der Waals surface area contributed by atoms with E-state index in [2.05, 4.69) is 20.5 Å². The number of hydrogen-bond donors (Lipinski definition) is 2. The lowest BCUT2D eigenvalue weighted by Crippen LogP contribution is -2.49. The van der Waals surface area contributed by atoms with Crippen molar-refractivity contribution in [2.75, 3.05) is 37.6 Å². The van der Waals surface area contributed by atoms with E-state index in [1.807, 2.05) is 24.0 Å². The molecule has 2 N–H and O–H groups in total. The second-order valence-electron chi connectivity index (χ2n) is 6.33. The predicted octanol–water partition coefficient (Wildman–Crippen LogP) is 1.22. The molecule has 7 heteroatoms. The molecule has 1 unspecified atom stereocenters. The van der Waals surface area contributed by atoms with Crippen LogP contribution in [-0.4, -0.2) is 60.6 Å². The second-order valence-corrected chi connectivity index (χ2v) is 6.33. The summed E-state index contributed by atoms with van der Waals surface area (Å²) in [5, 5.41) is 5.72. The van der Waals surface area contributed by atoms with Crippen molar-refractivity contribution in [1.29, 1.82) is 0 Å². The van der Waals surface area contributed by atoms with Crippen molar-refractivity contribution >= 4 is 17.8 Å². The Hall–Kier alpha value is -2.31. The number of carbonyl (C=O) groups excluding carboxylic acids is 2. The fourth-order valence-corrected chi connectivity index (χ4v) is 3.30. The molecular formula is C17H25N5O2. The molecule has 0 aromatic carbocycles. The number of nitrogens with zero attached hydrogens (tertiary/aromatic N) is 3. The number of rotatable bonds is 5. The van der Waals surface area contributed by atoms with Gasteiger partial charge in [-0.15, -0.1) is 0 Å². The number of hydrogen-bond acceptors (Lipinski definition) is 4. The maximum Gasteiger partial charge on any atom is 0.317 e. The summed E-state index contributed by atoms with van der Waals surface area (Å²) in [6.07, 6.45) is 4.61. The van der Waals surface area contributed by atoms with Gasteiger partial charge in [0.05, 0.1) is 11.6 Å². The molecular weight excluding hydrogens is 306 g/mol. The molecule has 2 fully saturated rings. The first-order valence-electron chi connectivity index (χ1n) is 8.72. The minimum atomic E-state index is -0.0823. The van der Waals surface area contributed by atoms with Crippen molar-refractivity contribution in [1.82, 2.24) is 20.5 Å². The normalized spacial score (nSPS) is 20.9. The first kappa shape index (κ1) is 16.5. The fraction of sp³-hybridized carbons (Fsp3) is 0.588. The Balaban J connectivity index is 1.63. The molecule has 2 aliphatic rings. The molecule has 2 aliphatic heterocycles. The molecule has 0 bridgehead atoms. The molecule has 1 atom stereocenters. The number of anilines is 1. The van der Waals surface area contributed by atoms with Crippen LogP contribution < -0.4 is 15.5 Å². The van der Waals surface area contributed by atoms with E-state index in [4.69, 9.17) is 0 Å². The number of amides is 3. The second kappa shape index (κ2) is 7.51. The quantitative estimate of drug-likeness (QED) is 0.850. The summed E-state index contributed by atoms with van der Waals surface area (Å²) >= 11 is 0. The van der Waals surface area contributed by atoms with Crippen molar-refractivity contribution < 1.29 is 9.59 Å². The number of carbonyl (C=O) groups is 2. The Morgan fingerprint density at radius 1 is 1.42 bits per heavy atom. The standard InChI is InChI=1S/C17H25N5O2/c1-2-7-18-16(23)13-5-6-15(20-11-13)21-9-3-4-14(12-21)22-10-8-19-17(22)24/h5-6,11,14H,2-4,7-10,12H2,1H3,(H,18,23)(H,19,24). The topological polar surface area (TPSA) is 77.6 Å². The third-order valence-corrected chi connectivity index (χ3v) is 4.60. The maximum atomic E-state index is 11.9. The van der Waals surface area contributed by atoms with Crippen LogP contribution in [0.4, 0.5) is 10.6 Å². The fourth-order valence-electron chi connectivity index (χ4n) is 3.30. The first-order valence-corrected chi connectivity index (χ1v) is 8.72. The van der Waals surface area contributed by atoms with Gasteiger partial charge < -0.3 is 20.4 Å². The van der Waals surface area contributed by atoms with E-state index >= 15 is 0 Å². The van der Waals surface area contributed by atoms with Gasteiger partial charge >= 0.3 is 6.03 Å². The van der Waals surface area contributed by atoms with Gasteiger partial charge in [0.15, 0.2) is 0 Å². The summed E-state index contributed by atoms with van der Waals surface area (Å²) in [5.41, 5.74) is 0.583. The van der Waals surface area contributed by atoms with E-state index < -0.39 is 0 Å². The maximum absolute atomic E-state index is 11.9. The SMILES string of the molecule is CCCNC(=O)c1ccc(N2CCCC(N3CCNC3=O)C2)nc1. The van der Waals surface area contributed by atoms with Gasteiger partial charge in [-0.25, -0.2) is 9.78 Å². The van der Waals surface area contributed by atoms with Gasteiger partial charge in [0.25, 0.3) is 5.91 Å². The van der Waals surface area contributed by atoms with E-state index in [0.29, 0.717) is 12.1 Å². The molecule has 0 saturated carbocycles. The molecule has 2 saturated heterocycles. The monoisotopic (exact) mass is 331 g/mol. The van der Waals surface area contributed by atoms with Gasteiger partial charge in [0, 0.05) is 38.9 Å². The Kier molecular flexibility index (Phi) is 5.17. The highest BCUT2D eigenvalue weighted by atomic mass is 16.2. The summed E-state index contributed by atoms with van der Waals surface area (Å²) in [4.78, 5) is 32.4. The number of urea groups is 1. The lowest BCUT2D eigenvalue weighted by molar-refractivity contribution is 0.0953. The molecule has 1 aromatic heterocycles. The average Bonchev–Trinajstić information content (AvgIpc) is 3.06. The zero-order chi connectivity index (χ0) is 16.9. The Morgan fingerprint density at radius 3 is 2.96 bits per heavy atom. The predicted molar refractivity (Wildman–Crippen MR) is 92.2 cm³/mol. The Labute approximate surface area is 142 Å². The number of pyridine rings is 1. The minimum Gasteiger partial charge on any atom is -0.355 e. The highest BCUT2D eigenvalue weighted by molar-refractivity contribution is 5.94. The van der Waals surface area contributed by atoms with E-state index in [1.54, 1.807) is 6.20 Å². The third-order valence-electron chi connectivity index (χ3n) is 4.60. The number of aromatic nitrogens is 1. The van der Waals surface area contributed by atoms with Gasteiger partial charge in [-0.1, -0.05) is 6.92 Å². The molecule has 130 valence electrons. The van der Waals surface area contributed by atoms with Crippen LogP contribution in [0.15, 0.2) is 18.3 Å². The van der Waals surface area contributed by atoms with Crippen LogP contribution in [0.1, 0.15) is 36.5 Å².